The van der Waals surface area contributed by atoms with E-state index >= 15 is 0 Å². The number of carbonyl (C=O) groups excluding carboxylic acids is 1. The number of hydrogen-bond donors (Lipinski definition) is 1. The van der Waals surface area contributed by atoms with Crippen LogP contribution in [0.1, 0.15) is 20.8 Å². The van der Waals surface area contributed by atoms with E-state index in [2.05, 4.69) is 24.5 Å². The van der Waals surface area contributed by atoms with Crippen LogP contribution in [0, 0.1) is 0 Å². The van der Waals surface area contributed by atoms with Gasteiger partial charge in [-0.1, -0.05) is 31.4 Å². The first-order valence-electron chi connectivity index (χ1n) is 4.13. The molecule has 0 aliphatic carbocycles. The quantitative estimate of drug-likeness (QED) is 0.327. The third-order valence-electron chi connectivity index (χ3n) is 0.975. The molecule has 0 aromatic rings. The second kappa shape index (κ2) is 8.26. The molecule has 0 saturated heterocycles. The summed E-state index contributed by atoms with van der Waals surface area (Å²) < 4.78 is 4.33. The minimum Gasteiger partial charge on any atom is -0.433 e. The zero-order chi connectivity index (χ0) is 11.7. The molecule has 0 aliphatic heterocycles. The summed E-state index contributed by atoms with van der Waals surface area (Å²) in [6.07, 6.45) is 0.675. The van der Waals surface area contributed by atoms with E-state index in [0.717, 1.165) is 5.57 Å². The van der Waals surface area contributed by atoms with Gasteiger partial charge in [0.05, 0.1) is 0 Å². The van der Waals surface area contributed by atoms with Crippen molar-refractivity contribution in [2.24, 2.45) is 0 Å². The summed E-state index contributed by atoms with van der Waals surface area (Å²) in [4.78, 5) is 10.5. The summed E-state index contributed by atoms with van der Waals surface area (Å²) in [6, 6.07) is 0. The lowest BCUT2D eigenvalue weighted by molar-refractivity contribution is -0.159. The summed E-state index contributed by atoms with van der Waals surface area (Å²) >= 11 is 0. The Hall–Kier alpha value is -1.35. The summed E-state index contributed by atoms with van der Waals surface area (Å²) in [5, 5.41) is 8.49. The van der Waals surface area contributed by atoms with Gasteiger partial charge in [-0.2, -0.15) is 0 Å². The molecule has 0 saturated carbocycles. The second-order valence-corrected chi connectivity index (χ2v) is 2.84. The molecule has 0 heterocycles. The Morgan fingerprint density at radius 1 is 1.43 bits per heavy atom. The maximum Gasteiger partial charge on any atom is 0.335 e. The molecule has 14 heavy (non-hydrogen) atoms. The normalized spacial score (nSPS) is 10.3. The van der Waals surface area contributed by atoms with Crippen molar-refractivity contribution in [2.45, 2.75) is 27.1 Å². The van der Waals surface area contributed by atoms with Gasteiger partial charge < -0.3 is 9.84 Å². The lowest BCUT2D eigenvalue weighted by atomic mass is 10.4. The summed E-state index contributed by atoms with van der Waals surface area (Å²) in [5.74, 6) is -0.565. The van der Waals surface area contributed by atoms with Crippen LogP contribution in [0.25, 0.3) is 0 Å². The number of hydrogen-bond acceptors (Lipinski definition) is 3. The zero-order valence-electron chi connectivity index (χ0n) is 9.04. The molecule has 0 spiro atoms. The van der Waals surface area contributed by atoms with E-state index in [1.807, 2.05) is 6.92 Å². The van der Waals surface area contributed by atoms with E-state index in [1.54, 1.807) is 6.08 Å². The SMILES string of the molecule is C=C(C)C(=O)OC(C)O.C=CC(=C)C. The molecule has 0 rings (SSSR count). The fourth-order valence-corrected chi connectivity index (χ4v) is 0.255. The molecule has 1 unspecified atom stereocenters. The number of carbonyl (C=O) groups is 1. The van der Waals surface area contributed by atoms with Crippen molar-refractivity contribution in [1.29, 1.82) is 0 Å². The smallest absolute Gasteiger partial charge is 0.335 e. The molecule has 0 amide bonds. The predicted molar refractivity (Wildman–Crippen MR) is 57.6 cm³/mol. The maximum absolute atomic E-state index is 10.5. The number of ether oxygens (including phenoxy) is 1. The Balaban J connectivity index is 0. The van der Waals surface area contributed by atoms with Gasteiger partial charge >= 0.3 is 5.97 Å². The fourth-order valence-electron chi connectivity index (χ4n) is 0.255. The lowest BCUT2D eigenvalue weighted by Gasteiger charge is -2.04. The molecule has 0 aliphatic rings. The van der Waals surface area contributed by atoms with Gasteiger partial charge in [0.1, 0.15) is 0 Å². The van der Waals surface area contributed by atoms with Crippen molar-refractivity contribution in [3.63, 3.8) is 0 Å². The molecular weight excluding hydrogens is 180 g/mol. The van der Waals surface area contributed by atoms with Crippen LogP contribution in [-0.2, 0) is 9.53 Å². The minimum atomic E-state index is -1.05. The Morgan fingerprint density at radius 2 is 1.79 bits per heavy atom. The van der Waals surface area contributed by atoms with Crippen molar-refractivity contribution >= 4 is 5.97 Å². The number of aliphatic hydroxyl groups excluding tert-OH is 1. The average Bonchev–Trinajstić information content (AvgIpc) is 2.04. The van der Waals surface area contributed by atoms with Gasteiger partial charge in [-0.25, -0.2) is 4.79 Å². The summed E-state index contributed by atoms with van der Waals surface area (Å²) in [6.45, 7) is 15.1. The van der Waals surface area contributed by atoms with Crippen molar-refractivity contribution in [3.05, 3.63) is 37.0 Å². The van der Waals surface area contributed by atoms with E-state index in [4.69, 9.17) is 5.11 Å². The highest BCUT2D eigenvalue weighted by Crippen LogP contribution is 1.94. The molecule has 1 atom stereocenters. The monoisotopic (exact) mass is 198 g/mol. The summed E-state index contributed by atoms with van der Waals surface area (Å²) in [5.41, 5.74) is 1.31. The van der Waals surface area contributed by atoms with Gasteiger partial charge in [-0.3, -0.25) is 0 Å². The topological polar surface area (TPSA) is 46.5 Å². The Morgan fingerprint density at radius 3 is 1.86 bits per heavy atom. The Kier molecular flexibility index (Phi) is 8.93. The first kappa shape index (κ1) is 15.1. The first-order chi connectivity index (χ1) is 6.31. The Labute approximate surface area is 85.4 Å². The molecule has 1 N–H and O–H groups in total. The molecule has 0 aromatic carbocycles. The third-order valence-corrected chi connectivity index (χ3v) is 0.975. The molecule has 3 nitrogen and oxygen atoms in total. The van der Waals surface area contributed by atoms with Gasteiger partial charge in [0.2, 0.25) is 0 Å². The molecule has 0 fully saturated rings. The van der Waals surface area contributed by atoms with Gasteiger partial charge in [0.25, 0.3) is 0 Å². The average molecular weight is 198 g/mol. The van der Waals surface area contributed by atoms with Crippen LogP contribution in [0.5, 0.6) is 0 Å². The van der Waals surface area contributed by atoms with Crippen molar-refractivity contribution in [1.82, 2.24) is 0 Å². The van der Waals surface area contributed by atoms with Gasteiger partial charge in [0.15, 0.2) is 6.29 Å². The number of esters is 1. The van der Waals surface area contributed by atoms with Crippen LogP contribution in [0.15, 0.2) is 37.0 Å². The third kappa shape index (κ3) is 13.3. The molecule has 0 radical (unpaired) electrons. The Bertz CT molecular complexity index is 227. The summed E-state index contributed by atoms with van der Waals surface area (Å²) in [7, 11) is 0. The van der Waals surface area contributed by atoms with Crippen LogP contribution in [0.2, 0.25) is 0 Å². The highest BCUT2D eigenvalue weighted by atomic mass is 16.6. The van der Waals surface area contributed by atoms with Crippen LogP contribution >= 0.6 is 0 Å². The molecular formula is C11H18O3. The van der Waals surface area contributed by atoms with E-state index < -0.39 is 12.3 Å². The van der Waals surface area contributed by atoms with Crippen LogP contribution in [0.4, 0.5) is 0 Å². The van der Waals surface area contributed by atoms with Crippen molar-refractivity contribution in [2.75, 3.05) is 0 Å². The van der Waals surface area contributed by atoms with Crippen LogP contribution in [-0.4, -0.2) is 17.4 Å². The van der Waals surface area contributed by atoms with E-state index in [9.17, 15) is 4.79 Å². The van der Waals surface area contributed by atoms with Gasteiger partial charge in [-0.15, -0.1) is 0 Å². The molecule has 0 aromatic heterocycles. The van der Waals surface area contributed by atoms with Crippen LogP contribution in [0.3, 0.4) is 0 Å². The van der Waals surface area contributed by atoms with Gasteiger partial charge in [-0.05, 0) is 20.8 Å². The molecule has 3 heteroatoms. The van der Waals surface area contributed by atoms with Crippen molar-refractivity contribution < 1.29 is 14.6 Å². The highest BCUT2D eigenvalue weighted by molar-refractivity contribution is 5.86. The van der Waals surface area contributed by atoms with E-state index in [-0.39, 0.29) is 5.57 Å². The fraction of sp³-hybridized carbons (Fsp3) is 0.364. The second-order valence-electron chi connectivity index (χ2n) is 2.84. The first-order valence-corrected chi connectivity index (χ1v) is 4.13. The predicted octanol–water partition coefficient (Wildman–Crippen LogP) is 2.19. The number of rotatable bonds is 3. The highest BCUT2D eigenvalue weighted by Gasteiger charge is 2.04. The standard InChI is InChI=1S/C6H10O3.C5H8/c1-4(2)6(8)9-5(3)7;1-4-5(2)3/h5,7H,1H2,2-3H3;4H,1-2H2,3H3. The minimum absolute atomic E-state index is 0.288. The van der Waals surface area contributed by atoms with E-state index in [1.165, 1.54) is 13.8 Å². The van der Waals surface area contributed by atoms with E-state index in [0.29, 0.717) is 0 Å². The van der Waals surface area contributed by atoms with Gasteiger partial charge in [0, 0.05) is 5.57 Å². The number of allylic oxidation sites excluding steroid dienone is 2. The van der Waals surface area contributed by atoms with Crippen LogP contribution < -0.4 is 0 Å². The largest absolute Gasteiger partial charge is 0.433 e. The molecule has 0 bridgehead atoms. The zero-order valence-corrected chi connectivity index (χ0v) is 9.04. The number of aliphatic hydroxyl groups is 1. The maximum atomic E-state index is 10.5. The lowest BCUT2D eigenvalue weighted by Crippen LogP contribution is -2.13. The molecule has 80 valence electrons. The van der Waals surface area contributed by atoms with Crippen molar-refractivity contribution in [3.8, 4) is 0 Å².